The number of allylic oxidation sites excluding steroid dienone is 4. The third kappa shape index (κ3) is 3.19. The van der Waals surface area contributed by atoms with Gasteiger partial charge in [-0.15, -0.1) is 0 Å². The lowest BCUT2D eigenvalue weighted by molar-refractivity contribution is -0.174. The molecule has 0 spiro atoms. The lowest BCUT2D eigenvalue weighted by atomic mass is 9.49. The molecule has 1 N–H and O–H groups in total. The van der Waals surface area contributed by atoms with E-state index in [1.54, 1.807) is 21.1 Å². The van der Waals surface area contributed by atoms with Gasteiger partial charge in [-0.2, -0.15) is 0 Å². The maximum absolute atomic E-state index is 13.4. The van der Waals surface area contributed by atoms with Gasteiger partial charge in [0, 0.05) is 11.3 Å². The number of carbonyl (C=O) groups excluding carboxylic acids is 2. The van der Waals surface area contributed by atoms with Crippen LogP contribution in [-0.4, -0.2) is 44.3 Å². The quantitative estimate of drug-likeness (QED) is 0.617. The van der Waals surface area contributed by atoms with Crippen LogP contribution in [0.15, 0.2) is 28.9 Å². The molecule has 6 atom stereocenters. The van der Waals surface area contributed by atoms with Crippen molar-refractivity contribution in [1.82, 2.24) is 0 Å². The number of fused-ring (bicyclic) bond motifs is 7. The predicted octanol–water partition coefficient (Wildman–Crippen LogP) is 4.63. The van der Waals surface area contributed by atoms with Crippen LogP contribution in [0, 0.1) is 30.1 Å². The van der Waals surface area contributed by atoms with E-state index in [9.17, 15) is 14.7 Å². The standard InChI is InChI=1S/C30H38O6/c1-15-12-19-20(14-30(4,28(33)36-7)27(32)25(19)31)18-10-11-29(3)21(24(15)18)9-8-17-16(2)26(35-6)23(34-5)13-22(17)29/h9,13,18-20,27,32H,8,10-12,14H2,1-7H3/t18-,19-,20-,27+,29-,30+/m1/s1. The number of methoxy groups -OCH3 is 3. The van der Waals surface area contributed by atoms with E-state index in [4.69, 9.17) is 14.2 Å². The van der Waals surface area contributed by atoms with Gasteiger partial charge in [0.1, 0.15) is 6.10 Å². The summed E-state index contributed by atoms with van der Waals surface area (Å²) < 4.78 is 16.5. The molecule has 36 heavy (non-hydrogen) atoms. The number of hydrogen-bond acceptors (Lipinski definition) is 6. The minimum absolute atomic E-state index is 0.0164. The van der Waals surface area contributed by atoms with Crippen molar-refractivity contribution in [2.45, 2.75) is 71.3 Å². The molecular weight excluding hydrogens is 456 g/mol. The van der Waals surface area contributed by atoms with Gasteiger partial charge in [-0.1, -0.05) is 18.6 Å². The number of carbonyl (C=O) groups is 2. The number of rotatable bonds is 3. The largest absolute Gasteiger partial charge is 0.493 e. The van der Waals surface area contributed by atoms with Gasteiger partial charge in [-0.3, -0.25) is 9.59 Å². The van der Waals surface area contributed by atoms with E-state index in [0.717, 1.165) is 36.3 Å². The van der Waals surface area contributed by atoms with Crippen LogP contribution in [0.4, 0.5) is 0 Å². The fraction of sp³-hybridized carbons (Fsp3) is 0.600. The lowest BCUT2D eigenvalue weighted by Crippen LogP contribution is -2.57. The van der Waals surface area contributed by atoms with Gasteiger partial charge in [0.2, 0.25) is 0 Å². The zero-order valence-electron chi connectivity index (χ0n) is 22.5. The van der Waals surface area contributed by atoms with Gasteiger partial charge < -0.3 is 19.3 Å². The Labute approximate surface area is 213 Å². The van der Waals surface area contributed by atoms with E-state index in [1.807, 2.05) is 0 Å². The normalized spacial score (nSPS) is 35.1. The number of benzene rings is 1. The van der Waals surface area contributed by atoms with E-state index < -0.39 is 17.5 Å². The second kappa shape index (κ2) is 8.47. The van der Waals surface area contributed by atoms with Crippen LogP contribution < -0.4 is 9.47 Å². The molecule has 6 nitrogen and oxygen atoms in total. The van der Waals surface area contributed by atoms with Crippen molar-refractivity contribution in [1.29, 1.82) is 0 Å². The van der Waals surface area contributed by atoms with Crippen LogP contribution in [0.5, 0.6) is 11.5 Å². The summed E-state index contributed by atoms with van der Waals surface area (Å²) in [5.41, 5.74) is 6.30. The first-order chi connectivity index (χ1) is 17.0. The van der Waals surface area contributed by atoms with Gasteiger partial charge >= 0.3 is 5.97 Å². The fourth-order valence-corrected chi connectivity index (χ4v) is 8.00. The Morgan fingerprint density at radius 2 is 1.83 bits per heavy atom. The number of ketones is 1. The second-order valence-electron chi connectivity index (χ2n) is 11.6. The maximum atomic E-state index is 13.4. The highest BCUT2D eigenvalue weighted by Gasteiger charge is 2.59. The highest BCUT2D eigenvalue weighted by Crippen LogP contribution is 2.61. The van der Waals surface area contributed by atoms with Crippen LogP contribution in [0.3, 0.4) is 0 Å². The monoisotopic (exact) mass is 494 g/mol. The molecule has 0 radical (unpaired) electrons. The molecule has 6 heteroatoms. The molecule has 4 aliphatic rings. The number of aliphatic hydroxyl groups excluding tert-OH is 1. The fourth-order valence-electron chi connectivity index (χ4n) is 8.00. The zero-order valence-corrected chi connectivity index (χ0v) is 22.5. The third-order valence-corrected chi connectivity index (χ3v) is 9.93. The topological polar surface area (TPSA) is 82.1 Å². The Morgan fingerprint density at radius 3 is 2.47 bits per heavy atom. The molecule has 1 aromatic carbocycles. The number of Topliss-reactive ketones (excluding diaryl/α,β-unsaturated/α-hetero) is 1. The van der Waals surface area contributed by atoms with Crippen LogP contribution in [0.25, 0.3) is 0 Å². The third-order valence-electron chi connectivity index (χ3n) is 9.93. The van der Waals surface area contributed by atoms with Crippen LogP contribution >= 0.6 is 0 Å². The first-order valence-electron chi connectivity index (χ1n) is 13.0. The minimum atomic E-state index is -1.32. The summed E-state index contributed by atoms with van der Waals surface area (Å²) in [6, 6.07) is 2.16. The van der Waals surface area contributed by atoms with Crippen LogP contribution in [0.1, 0.15) is 63.1 Å². The summed E-state index contributed by atoms with van der Waals surface area (Å²) in [6.07, 6.45) is 4.85. The average Bonchev–Trinajstić information content (AvgIpc) is 2.87. The van der Waals surface area contributed by atoms with Crippen molar-refractivity contribution in [2.24, 2.45) is 23.2 Å². The van der Waals surface area contributed by atoms with Crippen molar-refractivity contribution in [3.8, 4) is 11.5 Å². The van der Waals surface area contributed by atoms with E-state index in [1.165, 1.54) is 35.0 Å². The second-order valence-corrected chi connectivity index (χ2v) is 11.6. The summed E-state index contributed by atoms with van der Waals surface area (Å²) >= 11 is 0. The molecule has 194 valence electrons. The Kier molecular flexibility index (Phi) is 5.90. The van der Waals surface area contributed by atoms with Crippen molar-refractivity contribution < 1.29 is 28.9 Å². The van der Waals surface area contributed by atoms with Crippen LogP contribution in [0.2, 0.25) is 0 Å². The molecule has 1 aromatic rings. The van der Waals surface area contributed by atoms with Crippen molar-refractivity contribution in [3.63, 3.8) is 0 Å². The van der Waals surface area contributed by atoms with Gasteiger partial charge in [0.05, 0.1) is 26.7 Å². The molecule has 0 unspecified atom stereocenters. The van der Waals surface area contributed by atoms with E-state index in [2.05, 4.69) is 32.9 Å². The number of hydrogen-bond donors (Lipinski definition) is 1. The number of aliphatic hydroxyl groups is 1. The van der Waals surface area contributed by atoms with E-state index in [0.29, 0.717) is 12.8 Å². The molecule has 0 saturated heterocycles. The Hall–Kier alpha value is -2.60. The van der Waals surface area contributed by atoms with Crippen molar-refractivity contribution in [2.75, 3.05) is 21.3 Å². The summed E-state index contributed by atoms with van der Waals surface area (Å²) in [6.45, 7) is 8.28. The molecule has 2 saturated carbocycles. The summed E-state index contributed by atoms with van der Waals surface area (Å²) in [7, 11) is 4.70. The molecule has 4 aliphatic carbocycles. The van der Waals surface area contributed by atoms with Crippen molar-refractivity contribution >= 4 is 11.8 Å². The number of ether oxygens (including phenoxy) is 3. The molecule has 0 aromatic heterocycles. The molecule has 0 amide bonds. The smallest absolute Gasteiger partial charge is 0.314 e. The zero-order chi connectivity index (χ0) is 26.2. The highest BCUT2D eigenvalue weighted by molar-refractivity contribution is 5.94. The Balaban J connectivity index is 1.60. The van der Waals surface area contributed by atoms with Gasteiger partial charge in [-0.25, -0.2) is 0 Å². The van der Waals surface area contributed by atoms with E-state index in [-0.39, 0.29) is 29.0 Å². The molecule has 0 aliphatic heterocycles. The summed E-state index contributed by atoms with van der Waals surface area (Å²) in [5, 5.41) is 10.9. The Morgan fingerprint density at radius 1 is 1.11 bits per heavy atom. The minimum Gasteiger partial charge on any atom is -0.493 e. The van der Waals surface area contributed by atoms with Gasteiger partial charge in [0.25, 0.3) is 0 Å². The van der Waals surface area contributed by atoms with Gasteiger partial charge in [-0.05, 0) is 98.6 Å². The Bertz CT molecular complexity index is 1210. The summed E-state index contributed by atoms with van der Waals surface area (Å²) in [5.74, 6) is 0.794. The highest BCUT2D eigenvalue weighted by atomic mass is 16.5. The predicted molar refractivity (Wildman–Crippen MR) is 136 cm³/mol. The first kappa shape index (κ1) is 25.1. The summed E-state index contributed by atoms with van der Waals surface area (Å²) in [4.78, 5) is 26.1. The van der Waals surface area contributed by atoms with Crippen molar-refractivity contribution in [3.05, 3.63) is 45.6 Å². The maximum Gasteiger partial charge on any atom is 0.314 e. The molecular formula is C30H38O6. The molecule has 5 rings (SSSR count). The lowest BCUT2D eigenvalue weighted by Gasteiger charge is -2.54. The first-order valence-corrected chi connectivity index (χ1v) is 13.0. The van der Waals surface area contributed by atoms with Gasteiger partial charge in [0.15, 0.2) is 17.3 Å². The molecule has 0 heterocycles. The van der Waals surface area contributed by atoms with Crippen LogP contribution in [-0.2, 0) is 26.2 Å². The van der Waals surface area contributed by atoms with E-state index >= 15 is 0 Å². The molecule has 2 fully saturated rings. The molecule has 0 bridgehead atoms. The SMILES string of the molecule is COC(=O)[C@@]1(C)C[C@H]2[C@@H](CC(C)=C3C4=CCc5c(cc(OC)c(OC)c5C)[C@]4(C)CC[C@@H]32)C(=O)[C@@H]1O. The number of esters is 1. The average molecular weight is 495 g/mol.